The molecule has 0 unspecified atom stereocenters. The van der Waals surface area contributed by atoms with Crippen molar-refractivity contribution in [2.45, 2.75) is 45.6 Å². The number of rotatable bonds is 6. The first kappa shape index (κ1) is 12.8. The zero-order valence-electron chi connectivity index (χ0n) is 9.00. The van der Waals surface area contributed by atoms with E-state index in [9.17, 15) is 9.59 Å². The zero-order chi connectivity index (χ0) is 11.0. The lowest BCUT2D eigenvalue weighted by atomic mass is 10.0. The zero-order valence-corrected chi connectivity index (χ0v) is 9.00. The first-order valence-corrected chi connectivity index (χ1v) is 4.76. The summed E-state index contributed by atoms with van der Waals surface area (Å²) in [5, 5.41) is 0. The number of carbonyl (C=O) groups is 1. The fourth-order valence-corrected chi connectivity index (χ4v) is 0.898. The smallest absolute Gasteiger partial charge is 0.308 e. The van der Waals surface area contributed by atoms with E-state index < -0.39 is 5.54 Å². The van der Waals surface area contributed by atoms with Gasteiger partial charge in [0.05, 0.1) is 18.6 Å². The molecule has 0 N–H and O–H groups in total. The van der Waals surface area contributed by atoms with E-state index in [1.807, 2.05) is 6.92 Å². The maximum absolute atomic E-state index is 11.2. The maximum atomic E-state index is 11.2. The number of isocyanates is 1. The van der Waals surface area contributed by atoms with Crippen LogP contribution in [0.5, 0.6) is 0 Å². The molecule has 80 valence electrons. The second-order valence-corrected chi connectivity index (χ2v) is 3.77. The summed E-state index contributed by atoms with van der Waals surface area (Å²) in [6.07, 6.45) is 3.42. The maximum Gasteiger partial charge on any atom is 0.308 e. The van der Waals surface area contributed by atoms with Gasteiger partial charge < -0.3 is 4.74 Å². The van der Waals surface area contributed by atoms with E-state index in [-0.39, 0.29) is 12.4 Å². The molecule has 0 bridgehead atoms. The second kappa shape index (κ2) is 6.33. The van der Waals surface area contributed by atoms with Crippen LogP contribution in [0.25, 0.3) is 0 Å². The molecule has 4 nitrogen and oxygen atoms in total. The number of hydrogen-bond donors (Lipinski definition) is 0. The molecule has 0 aliphatic rings. The molecule has 0 aliphatic heterocycles. The van der Waals surface area contributed by atoms with Crippen molar-refractivity contribution in [3.63, 3.8) is 0 Å². The van der Waals surface area contributed by atoms with Crippen molar-refractivity contribution in [2.24, 2.45) is 4.99 Å². The average molecular weight is 199 g/mol. The Kier molecular flexibility index (Phi) is 5.81. The number of esters is 1. The fourth-order valence-electron chi connectivity index (χ4n) is 0.898. The largest absolute Gasteiger partial charge is 0.466 e. The molecule has 14 heavy (non-hydrogen) atoms. The molecule has 0 saturated carbocycles. The summed E-state index contributed by atoms with van der Waals surface area (Å²) in [5.74, 6) is -0.317. The predicted octanol–water partition coefficient (Wildman–Crippen LogP) is 1.83. The van der Waals surface area contributed by atoms with Gasteiger partial charge in [-0.25, -0.2) is 4.79 Å². The molecule has 0 fully saturated rings. The minimum atomic E-state index is -0.703. The summed E-state index contributed by atoms with van der Waals surface area (Å²) < 4.78 is 4.94. The average Bonchev–Trinajstić information content (AvgIpc) is 2.03. The van der Waals surface area contributed by atoms with Crippen molar-refractivity contribution in [3.8, 4) is 0 Å². The van der Waals surface area contributed by atoms with Crippen LogP contribution >= 0.6 is 0 Å². The van der Waals surface area contributed by atoms with E-state index in [2.05, 4.69) is 4.99 Å². The van der Waals surface area contributed by atoms with Crippen molar-refractivity contribution in [1.82, 2.24) is 0 Å². The molecule has 0 aromatic rings. The van der Waals surface area contributed by atoms with Gasteiger partial charge in [0.15, 0.2) is 0 Å². The van der Waals surface area contributed by atoms with Gasteiger partial charge >= 0.3 is 5.97 Å². The summed E-state index contributed by atoms with van der Waals surface area (Å²) >= 11 is 0. The van der Waals surface area contributed by atoms with Crippen LogP contribution in [-0.2, 0) is 14.3 Å². The molecule has 0 aromatic heterocycles. The summed E-state index contributed by atoms with van der Waals surface area (Å²) in [6.45, 7) is 5.85. The Morgan fingerprint density at radius 2 is 2.14 bits per heavy atom. The normalized spacial score (nSPS) is 10.5. The minimum absolute atomic E-state index is 0.117. The molecule has 0 aliphatic carbocycles. The third-order valence-electron chi connectivity index (χ3n) is 1.69. The van der Waals surface area contributed by atoms with E-state index >= 15 is 0 Å². The fraction of sp³-hybridized carbons (Fsp3) is 0.800. The molecule has 0 radical (unpaired) electrons. The van der Waals surface area contributed by atoms with Crippen molar-refractivity contribution >= 4 is 12.0 Å². The van der Waals surface area contributed by atoms with Crippen LogP contribution in [0.3, 0.4) is 0 Å². The highest BCUT2D eigenvalue weighted by atomic mass is 16.5. The van der Waals surface area contributed by atoms with Crippen LogP contribution in [-0.4, -0.2) is 24.2 Å². The lowest BCUT2D eigenvalue weighted by Gasteiger charge is -2.15. The van der Waals surface area contributed by atoms with Gasteiger partial charge in [-0.3, -0.25) is 4.79 Å². The quantitative estimate of drug-likeness (QED) is 0.284. The standard InChI is InChI=1S/C10H17NO3/c1-4-5-6-14-9(13)7-10(2,3)11-8-12/h4-7H2,1-3H3. The monoisotopic (exact) mass is 199 g/mol. The van der Waals surface area contributed by atoms with Crippen LogP contribution in [0.4, 0.5) is 0 Å². The summed E-state index contributed by atoms with van der Waals surface area (Å²) in [5.41, 5.74) is -0.703. The van der Waals surface area contributed by atoms with Gasteiger partial charge in [0.1, 0.15) is 0 Å². The van der Waals surface area contributed by atoms with Crippen molar-refractivity contribution in [3.05, 3.63) is 0 Å². The molecular weight excluding hydrogens is 182 g/mol. The van der Waals surface area contributed by atoms with Gasteiger partial charge in [-0.15, -0.1) is 0 Å². The summed E-state index contributed by atoms with van der Waals surface area (Å²) in [6, 6.07) is 0. The summed E-state index contributed by atoms with van der Waals surface area (Å²) in [4.78, 5) is 24.7. The van der Waals surface area contributed by atoms with Gasteiger partial charge in [0, 0.05) is 0 Å². The molecule has 0 amide bonds. The van der Waals surface area contributed by atoms with E-state index in [0.717, 1.165) is 12.8 Å². The SMILES string of the molecule is CCCCOC(=O)CC(C)(C)N=C=O. The third-order valence-corrected chi connectivity index (χ3v) is 1.69. The van der Waals surface area contributed by atoms with Crippen LogP contribution in [0.1, 0.15) is 40.0 Å². The van der Waals surface area contributed by atoms with Crippen molar-refractivity contribution < 1.29 is 14.3 Å². The Balaban J connectivity index is 3.87. The van der Waals surface area contributed by atoms with Crippen LogP contribution in [0, 0.1) is 0 Å². The molecule has 0 saturated heterocycles. The molecule has 0 heterocycles. The molecule has 0 atom stereocenters. The van der Waals surface area contributed by atoms with Gasteiger partial charge in [-0.2, -0.15) is 4.99 Å². The van der Waals surface area contributed by atoms with Gasteiger partial charge in [0.25, 0.3) is 0 Å². The first-order chi connectivity index (χ1) is 6.52. The van der Waals surface area contributed by atoms with Gasteiger partial charge in [-0.1, -0.05) is 13.3 Å². The third kappa shape index (κ3) is 6.38. The second-order valence-electron chi connectivity index (χ2n) is 3.77. The Morgan fingerprint density at radius 1 is 1.50 bits per heavy atom. The Hall–Kier alpha value is -1.15. The number of aliphatic imine (C=N–C) groups is 1. The van der Waals surface area contributed by atoms with Crippen LogP contribution in [0.15, 0.2) is 4.99 Å². The highest BCUT2D eigenvalue weighted by Gasteiger charge is 2.21. The summed E-state index contributed by atoms with van der Waals surface area (Å²) in [7, 11) is 0. The molecular formula is C10H17NO3. The number of carbonyl (C=O) groups excluding carboxylic acids is 2. The van der Waals surface area contributed by atoms with E-state index in [1.54, 1.807) is 13.8 Å². The molecule has 0 aromatic carbocycles. The van der Waals surface area contributed by atoms with Crippen LogP contribution in [0.2, 0.25) is 0 Å². The topological polar surface area (TPSA) is 55.7 Å². The van der Waals surface area contributed by atoms with E-state index in [0.29, 0.717) is 6.61 Å². The Bertz CT molecular complexity index is 230. The highest BCUT2D eigenvalue weighted by Crippen LogP contribution is 2.14. The van der Waals surface area contributed by atoms with Crippen molar-refractivity contribution in [1.29, 1.82) is 0 Å². The lowest BCUT2D eigenvalue weighted by Crippen LogP contribution is -2.23. The van der Waals surface area contributed by atoms with Crippen LogP contribution < -0.4 is 0 Å². The Morgan fingerprint density at radius 3 is 2.64 bits per heavy atom. The predicted molar refractivity (Wildman–Crippen MR) is 52.7 cm³/mol. The highest BCUT2D eigenvalue weighted by molar-refractivity contribution is 5.71. The van der Waals surface area contributed by atoms with Gasteiger partial charge in [-0.05, 0) is 20.3 Å². The number of hydrogen-bond acceptors (Lipinski definition) is 4. The number of unbranched alkanes of at least 4 members (excludes halogenated alkanes) is 1. The van der Waals surface area contributed by atoms with E-state index in [4.69, 9.17) is 4.74 Å². The molecule has 4 heteroatoms. The molecule has 0 spiro atoms. The number of nitrogens with zero attached hydrogens (tertiary/aromatic N) is 1. The van der Waals surface area contributed by atoms with Crippen molar-refractivity contribution in [2.75, 3.05) is 6.61 Å². The first-order valence-electron chi connectivity index (χ1n) is 4.76. The van der Waals surface area contributed by atoms with E-state index in [1.165, 1.54) is 6.08 Å². The Labute approximate surface area is 84.4 Å². The lowest BCUT2D eigenvalue weighted by molar-refractivity contribution is -0.144. The van der Waals surface area contributed by atoms with Gasteiger partial charge in [0.2, 0.25) is 6.08 Å². The molecule has 0 rings (SSSR count). The number of ether oxygens (including phenoxy) is 1. The minimum Gasteiger partial charge on any atom is -0.466 e.